The molecule has 1 rings (SSSR count). The van der Waals surface area contributed by atoms with Gasteiger partial charge in [0, 0.05) is 31.5 Å². The predicted octanol–water partition coefficient (Wildman–Crippen LogP) is 2.65. The highest BCUT2D eigenvalue weighted by Crippen LogP contribution is 2.19. The zero-order valence-corrected chi connectivity index (χ0v) is 12.0. The van der Waals surface area contributed by atoms with Crippen LogP contribution in [0.4, 0.5) is 0 Å². The van der Waals surface area contributed by atoms with Crippen LogP contribution in [0, 0.1) is 0 Å². The van der Waals surface area contributed by atoms with Gasteiger partial charge in [-0.15, -0.1) is 0 Å². The van der Waals surface area contributed by atoms with Gasteiger partial charge in [-0.1, -0.05) is 25.4 Å². The highest BCUT2D eigenvalue weighted by molar-refractivity contribution is 6.31. The minimum Gasteiger partial charge on any atom is -0.475 e. The van der Waals surface area contributed by atoms with Crippen LogP contribution in [0.3, 0.4) is 0 Å². The van der Waals surface area contributed by atoms with Gasteiger partial charge in [-0.2, -0.15) is 0 Å². The molecule has 0 spiro atoms. The Labute approximate surface area is 114 Å². The molecule has 0 aliphatic heterocycles. The lowest BCUT2D eigenvalue weighted by Crippen LogP contribution is -2.22. The SMILES string of the molecule is CCOCCOc1cc(CNC(C)C)c(Cl)cn1. The first-order valence-corrected chi connectivity index (χ1v) is 6.59. The maximum Gasteiger partial charge on any atom is 0.213 e. The number of pyridine rings is 1. The smallest absolute Gasteiger partial charge is 0.213 e. The molecule has 1 aromatic rings. The molecule has 102 valence electrons. The van der Waals surface area contributed by atoms with E-state index in [1.807, 2.05) is 13.0 Å². The summed E-state index contributed by atoms with van der Waals surface area (Å²) >= 11 is 6.08. The first-order chi connectivity index (χ1) is 8.63. The largest absolute Gasteiger partial charge is 0.475 e. The van der Waals surface area contributed by atoms with Crippen LogP contribution < -0.4 is 10.1 Å². The van der Waals surface area contributed by atoms with Crippen molar-refractivity contribution in [2.24, 2.45) is 0 Å². The first-order valence-electron chi connectivity index (χ1n) is 6.21. The van der Waals surface area contributed by atoms with Crippen LogP contribution >= 0.6 is 11.6 Å². The molecule has 0 bridgehead atoms. The predicted molar refractivity (Wildman–Crippen MR) is 73.2 cm³/mol. The second kappa shape index (κ2) is 8.29. The molecule has 1 heterocycles. The molecule has 0 radical (unpaired) electrons. The number of nitrogens with zero attached hydrogens (tertiary/aromatic N) is 1. The summed E-state index contributed by atoms with van der Waals surface area (Å²) in [5.74, 6) is 0.583. The van der Waals surface area contributed by atoms with Crippen molar-refractivity contribution < 1.29 is 9.47 Å². The van der Waals surface area contributed by atoms with Crippen molar-refractivity contribution in [2.75, 3.05) is 19.8 Å². The van der Waals surface area contributed by atoms with Crippen molar-refractivity contribution in [1.82, 2.24) is 10.3 Å². The van der Waals surface area contributed by atoms with E-state index in [1.165, 1.54) is 0 Å². The molecule has 0 atom stereocenters. The fraction of sp³-hybridized carbons (Fsp3) is 0.615. The Morgan fingerprint density at radius 2 is 2.17 bits per heavy atom. The van der Waals surface area contributed by atoms with Crippen molar-refractivity contribution in [3.05, 3.63) is 22.8 Å². The third-order valence-corrected chi connectivity index (χ3v) is 2.63. The number of nitrogens with one attached hydrogen (secondary N) is 1. The summed E-state index contributed by atoms with van der Waals surface area (Å²) in [5.41, 5.74) is 0.992. The molecule has 0 saturated carbocycles. The molecular formula is C13H21ClN2O2. The molecule has 0 aliphatic rings. The number of halogens is 1. The van der Waals surface area contributed by atoms with E-state index < -0.39 is 0 Å². The minimum atomic E-state index is 0.413. The van der Waals surface area contributed by atoms with Gasteiger partial charge in [0.25, 0.3) is 0 Å². The lowest BCUT2D eigenvalue weighted by atomic mass is 10.2. The molecular weight excluding hydrogens is 252 g/mol. The van der Waals surface area contributed by atoms with E-state index >= 15 is 0 Å². The van der Waals surface area contributed by atoms with Gasteiger partial charge in [-0.05, 0) is 12.5 Å². The number of aromatic nitrogens is 1. The Balaban J connectivity index is 2.51. The normalized spacial score (nSPS) is 10.9. The highest BCUT2D eigenvalue weighted by Gasteiger charge is 2.05. The minimum absolute atomic E-state index is 0.413. The zero-order valence-electron chi connectivity index (χ0n) is 11.2. The molecule has 0 fully saturated rings. The third-order valence-electron chi connectivity index (χ3n) is 2.29. The number of ether oxygens (including phenoxy) is 2. The maximum absolute atomic E-state index is 6.08. The zero-order chi connectivity index (χ0) is 13.4. The maximum atomic E-state index is 6.08. The summed E-state index contributed by atoms with van der Waals surface area (Å²) in [4.78, 5) is 4.13. The van der Waals surface area contributed by atoms with E-state index in [4.69, 9.17) is 21.1 Å². The van der Waals surface area contributed by atoms with Gasteiger partial charge in [0.15, 0.2) is 0 Å². The van der Waals surface area contributed by atoms with Gasteiger partial charge < -0.3 is 14.8 Å². The van der Waals surface area contributed by atoms with Crippen LogP contribution in [0.25, 0.3) is 0 Å². The molecule has 1 N–H and O–H groups in total. The molecule has 0 unspecified atom stereocenters. The average Bonchev–Trinajstić information content (AvgIpc) is 2.34. The highest BCUT2D eigenvalue weighted by atomic mass is 35.5. The standard InChI is InChI=1S/C13H21ClN2O2/c1-4-17-5-6-18-13-7-11(8-15-10(2)3)12(14)9-16-13/h7,9-10,15H,4-6,8H2,1-3H3. The van der Waals surface area contributed by atoms with E-state index in [2.05, 4.69) is 24.1 Å². The number of hydrogen-bond acceptors (Lipinski definition) is 4. The quantitative estimate of drug-likeness (QED) is 0.739. The summed E-state index contributed by atoms with van der Waals surface area (Å²) < 4.78 is 10.7. The summed E-state index contributed by atoms with van der Waals surface area (Å²) in [6, 6.07) is 2.28. The lowest BCUT2D eigenvalue weighted by Gasteiger charge is -2.11. The van der Waals surface area contributed by atoms with Crippen LogP contribution in [0.1, 0.15) is 26.3 Å². The van der Waals surface area contributed by atoms with Crippen molar-refractivity contribution in [2.45, 2.75) is 33.4 Å². The van der Waals surface area contributed by atoms with Crippen LogP contribution in [-0.4, -0.2) is 30.8 Å². The van der Waals surface area contributed by atoms with Gasteiger partial charge in [-0.3, -0.25) is 0 Å². The van der Waals surface area contributed by atoms with Gasteiger partial charge in [0.1, 0.15) is 6.61 Å². The van der Waals surface area contributed by atoms with Gasteiger partial charge in [0.2, 0.25) is 5.88 Å². The molecule has 5 heteroatoms. The Bertz CT molecular complexity index is 359. The average molecular weight is 273 g/mol. The first kappa shape index (κ1) is 15.2. The van der Waals surface area contributed by atoms with Crippen LogP contribution in [0.2, 0.25) is 5.02 Å². The summed E-state index contributed by atoms with van der Waals surface area (Å²) in [6.07, 6.45) is 1.62. The van der Waals surface area contributed by atoms with Crippen molar-refractivity contribution in [3.8, 4) is 5.88 Å². The second-order valence-electron chi connectivity index (χ2n) is 4.19. The number of hydrogen-bond donors (Lipinski definition) is 1. The van der Waals surface area contributed by atoms with E-state index in [0.29, 0.717) is 43.3 Å². The molecule has 0 aromatic carbocycles. The third kappa shape index (κ3) is 5.67. The van der Waals surface area contributed by atoms with Crippen LogP contribution in [0.5, 0.6) is 5.88 Å². The van der Waals surface area contributed by atoms with Crippen LogP contribution in [0.15, 0.2) is 12.3 Å². The molecule has 18 heavy (non-hydrogen) atoms. The lowest BCUT2D eigenvalue weighted by molar-refractivity contribution is 0.108. The van der Waals surface area contributed by atoms with Gasteiger partial charge >= 0.3 is 0 Å². The van der Waals surface area contributed by atoms with Gasteiger partial charge in [-0.25, -0.2) is 4.98 Å². The molecule has 0 amide bonds. The Morgan fingerprint density at radius 3 is 2.83 bits per heavy atom. The Kier molecular flexibility index (Phi) is 7.01. The summed E-state index contributed by atoms with van der Waals surface area (Å²) in [5, 5.41) is 3.97. The number of rotatable bonds is 8. The fourth-order valence-electron chi connectivity index (χ4n) is 1.34. The van der Waals surface area contributed by atoms with E-state index in [1.54, 1.807) is 6.20 Å². The molecule has 0 saturated heterocycles. The summed E-state index contributed by atoms with van der Waals surface area (Å²) in [7, 11) is 0. The summed E-state index contributed by atoms with van der Waals surface area (Å²) in [6.45, 7) is 8.61. The Hall–Kier alpha value is -0.840. The van der Waals surface area contributed by atoms with E-state index in [9.17, 15) is 0 Å². The van der Waals surface area contributed by atoms with Crippen LogP contribution in [-0.2, 0) is 11.3 Å². The topological polar surface area (TPSA) is 43.4 Å². The van der Waals surface area contributed by atoms with E-state index in [0.717, 1.165) is 5.56 Å². The molecule has 4 nitrogen and oxygen atoms in total. The van der Waals surface area contributed by atoms with Crippen molar-refractivity contribution in [3.63, 3.8) is 0 Å². The van der Waals surface area contributed by atoms with Crippen molar-refractivity contribution in [1.29, 1.82) is 0 Å². The molecule has 1 aromatic heterocycles. The molecule has 0 aliphatic carbocycles. The van der Waals surface area contributed by atoms with Crippen molar-refractivity contribution >= 4 is 11.6 Å². The second-order valence-corrected chi connectivity index (χ2v) is 4.60. The van der Waals surface area contributed by atoms with Gasteiger partial charge in [0.05, 0.1) is 11.6 Å². The van der Waals surface area contributed by atoms with E-state index in [-0.39, 0.29) is 0 Å². The fourth-order valence-corrected chi connectivity index (χ4v) is 1.51. The monoisotopic (exact) mass is 272 g/mol. The Morgan fingerprint density at radius 1 is 1.39 bits per heavy atom.